The molecule has 0 aliphatic carbocycles. The van der Waals surface area contributed by atoms with Crippen LogP contribution < -0.4 is 0 Å². The Labute approximate surface area is 102 Å². The zero-order chi connectivity index (χ0) is 9.56. The number of carboxylic acid groups (broad SMARTS) is 2. The molecule has 0 aliphatic heterocycles. The number of carbonyl (C=O) groups is 2. The zero-order valence-corrected chi connectivity index (χ0v) is 9.46. The van der Waals surface area contributed by atoms with Crippen molar-refractivity contribution in [1.29, 1.82) is 0 Å². The van der Waals surface area contributed by atoms with Gasteiger partial charge in [-0.1, -0.05) is 0 Å². The van der Waals surface area contributed by atoms with Crippen LogP contribution in [0.5, 0.6) is 0 Å². The molecule has 0 bridgehead atoms. The van der Waals surface area contributed by atoms with Gasteiger partial charge in [0.1, 0.15) is 0 Å². The van der Waals surface area contributed by atoms with Gasteiger partial charge in [-0.05, 0) is 0 Å². The number of hydrogen-bond donors (Lipinski definition) is 2. The maximum atomic E-state index is 10.5. The Kier molecular flexibility index (Phi) is 6.21. The molecule has 1 rings (SSSR count). The molecule has 0 spiro atoms. The first kappa shape index (κ1) is 11.8. The maximum absolute atomic E-state index is 10.5. The average Bonchev–Trinajstić information content (AvgIpc) is 2.34. The van der Waals surface area contributed by atoms with Crippen LogP contribution in [0.1, 0.15) is 0 Å². The molecule has 1 heterocycles. The van der Waals surface area contributed by atoms with Crippen LogP contribution in [-0.2, 0) is 0 Å². The van der Waals surface area contributed by atoms with E-state index in [2.05, 4.69) is 4.98 Å². The Bertz CT molecular complexity index is 254. The van der Waals surface area contributed by atoms with Gasteiger partial charge in [-0.25, -0.2) is 4.79 Å². The van der Waals surface area contributed by atoms with Gasteiger partial charge in [0, 0.05) is 0 Å². The van der Waals surface area contributed by atoms with Gasteiger partial charge < -0.3 is 10.2 Å². The second-order valence-corrected chi connectivity index (χ2v) is 3.11. The molecule has 0 fully saturated rings. The van der Waals surface area contributed by atoms with E-state index in [9.17, 15) is 4.79 Å². The van der Waals surface area contributed by atoms with Crippen LogP contribution in [-0.4, -0.2) is 74.9 Å². The third-order valence-electron chi connectivity index (χ3n) is 0.868. The number of carbonyl (C=O) groups excluding carboxylic acids is 1. The molecule has 6 nitrogen and oxygen atoms in total. The molecule has 0 amide bonds. The van der Waals surface area contributed by atoms with Gasteiger partial charge in [-0.2, -0.15) is 0 Å². The van der Waals surface area contributed by atoms with Gasteiger partial charge in [0.05, 0.1) is 0 Å². The molecular formula is C5H5KN2O4. The van der Waals surface area contributed by atoms with E-state index in [4.69, 9.17) is 15.0 Å². The summed E-state index contributed by atoms with van der Waals surface area (Å²) in [6.07, 6.45) is 2.95. The quantitative estimate of drug-likeness (QED) is 0.580. The average molecular weight is 196 g/mol. The van der Waals surface area contributed by atoms with E-state index in [1.807, 2.05) is 0 Å². The summed E-state index contributed by atoms with van der Waals surface area (Å²) >= 11 is 0.230. The van der Waals surface area contributed by atoms with Gasteiger partial charge in [-0.15, -0.1) is 0 Å². The van der Waals surface area contributed by atoms with Crippen LogP contribution in [0.15, 0.2) is 18.7 Å². The van der Waals surface area contributed by atoms with Crippen LogP contribution in [0.4, 0.5) is 9.59 Å². The Morgan fingerprint density at radius 2 is 1.92 bits per heavy atom. The Morgan fingerprint density at radius 3 is 2.08 bits per heavy atom. The zero-order valence-electron chi connectivity index (χ0n) is 6.34. The fraction of sp³-hybridized carbons (Fsp3) is 0. The minimum atomic E-state index is -1.83. The van der Waals surface area contributed by atoms with Crippen LogP contribution in [0.2, 0.25) is 0 Å². The Morgan fingerprint density at radius 1 is 1.42 bits per heavy atom. The molecule has 0 radical (unpaired) electrons. The fourth-order valence-corrected chi connectivity index (χ4v) is 0.858. The van der Waals surface area contributed by atoms with E-state index in [-0.39, 0.29) is 49.0 Å². The Balaban J connectivity index is 0.000000261. The summed E-state index contributed by atoms with van der Waals surface area (Å²) < 4.78 is 1.68. The van der Waals surface area contributed by atoms with E-state index in [1.54, 1.807) is 12.4 Å². The molecule has 12 heavy (non-hydrogen) atoms. The fourth-order valence-electron chi connectivity index (χ4n) is 0.445. The summed E-state index contributed by atoms with van der Waals surface area (Å²) in [5.74, 6) is 0. The van der Waals surface area contributed by atoms with E-state index in [1.165, 1.54) is 10.9 Å². The molecule has 0 saturated heterocycles. The van der Waals surface area contributed by atoms with Crippen LogP contribution >= 0.6 is 0 Å². The van der Waals surface area contributed by atoms with Crippen molar-refractivity contribution in [3.05, 3.63) is 18.7 Å². The summed E-state index contributed by atoms with van der Waals surface area (Å²) in [5.41, 5.74) is 0. The molecule has 1 aromatic heterocycles. The van der Waals surface area contributed by atoms with Crippen LogP contribution in [0.25, 0.3) is 0 Å². The SMILES string of the molecule is O=C(O)O.O=[C]([K])n1ccnc1. The van der Waals surface area contributed by atoms with Crippen molar-refractivity contribution in [1.82, 2.24) is 9.55 Å². The summed E-state index contributed by atoms with van der Waals surface area (Å²) in [7, 11) is 0. The molecule has 1 aromatic rings. The molecule has 0 aromatic carbocycles. The van der Waals surface area contributed by atoms with Crippen LogP contribution in [0, 0.1) is 0 Å². The molecule has 0 unspecified atom stereocenters. The first-order chi connectivity index (χ1) is 5.54. The van der Waals surface area contributed by atoms with Crippen molar-refractivity contribution >= 4 is 55.1 Å². The van der Waals surface area contributed by atoms with Crippen molar-refractivity contribution in [3.63, 3.8) is 0 Å². The van der Waals surface area contributed by atoms with Gasteiger partial charge >= 0.3 is 88.2 Å². The first-order valence-corrected chi connectivity index (χ1v) is 4.51. The van der Waals surface area contributed by atoms with Gasteiger partial charge in [0.25, 0.3) is 0 Å². The number of nitrogens with zero attached hydrogens (tertiary/aromatic N) is 2. The molecule has 0 saturated carbocycles. The van der Waals surface area contributed by atoms with Gasteiger partial charge in [0.2, 0.25) is 0 Å². The van der Waals surface area contributed by atoms with Crippen molar-refractivity contribution in [2.75, 3.05) is 0 Å². The van der Waals surface area contributed by atoms with Crippen molar-refractivity contribution in [2.45, 2.75) is 0 Å². The first-order valence-electron chi connectivity index (χ1n) is 2.95. The van der Waals surface area contributed by atoms with Crippen molar-refractivity contribution in [2.24, 2.45) is 0 Å². The van der Waals surface area contributed by atoms with E-state index < -0.39 is 6.16 Å². The number of hydrogen-bond acceptors (Lipinski definition) is 3. The standard InChI is InChI=1S/C4H3N2O.CH2O3.K/c7-4-6-2-1-5-3-6;2-1(3)4;/h1-3H;(H2,2,3,4);. The molecule has 0 atom stereocenters. The molecule has 7 heteroatoms. The predicted octanol–water partition coefficient (Wildman–Crippen LogP) is 0.242. The minimum absolute atomic E-state index is 0.176. The number of aromatic nitrogens is 2. The van der Waals surface area contributed by atoms with Crippen molar-refractivity contribution in [3.8, 4) is 0 Å². The number of rotatable bonds is 0. The third-order valence-corrected chi connectivity index (χ3v) is 1.67. The van der Waals surface area contributed by atoms with Crippen LogP contribution in [0.3, 0.4) is 0 Å². The van der Waals surface area contributed by atoms with E-state index in [0.29, 0.717) is 0 Å². The molecular weight excluding hydrogens is 191 g/mol. The van der Waals surface area contributed by atoms with Gasteiger partial charge in [-0.3, -0.25) is 0 Å². The van der Waals surface area contributed by atoms with E-state index in [0.717, 1.165) is 0 Å². The Hall–Kier alpha value is -0.214. The second-order valence-electron chi connectivity index (χ2n) is 1.77. The topological polar surface area (TPSA) is 92.4 Å². The third kappa shape index (κ3) is 6.49. The van der Waals surface area contributed by atoms with Crippen molar-refractivity contribution < 1.29 is 19.8 Å². The molecule has 60 valence electrons. The summed E-state index contributed by atoms with van der Waals surface area (Å²) in [5, 5.41) is 13.9. The summed E-state index contributed by atoms with van der Waals surface area (Å²) in [4.78, 5) is 22.8. The monoisotopic (exact) mass is 196 g/mol. The second kappa shape index (κ2) is 6.32. The van der Waals surface area contributed by atoms with E-state index >= 15 is 0 Å². The molecule has 2 N–H and O–H groups in total. The number of imidazole rings is 1. The van der Waals surface area contributed by atoms with Gasteiger partial charge in [0.15, 0.2) is 0 Å². The summed E-state index contributed by atoms with van der Waals surface area (Å²) in [6.45, 7) is 0. The summed E-state index contributed by atoms with van der Waals surface area (Å²) in [6, 6.07) is 0. The molecule has 0 aliphatic rings. The predicted molar refractivity (Wildman–Crippen MR) is 39.4 cm³/mol. The normalized spacial score (nSPS) is 8.17.